The Morgan fingerprint density at radius 2 is 2.00 bits per heavy atom. The summed E-state index contributed by atoms with van der Waals surface area (Å²) in [5, 5.41) is 0. The van der Waals surface area contributed by atoms with Crippen LogP contribution in [0.25, 0.3) is 0 Å². The summed E-state index contributed by atoms with van der Waals surface area (Å²) in [6.07, 6.45) is 0. The molecule has 0 spiro atoms. The van der Waals surface area contributed by atoms with Crippen molar-refractivity contribution in [2.45, 2.75) is 32.2 Å². The van der Waals surface area contributed by atoms with Crippen LogP contribution >= 0.6 is 0 Å². The second-order valence-electron chi connectivity index (χ2n) is 5.55. The summed E-state index contributed by atoms with van der Waals surface area (Å²) in [6, 6.07) is 5.24. The van der Waals surface area contributed by atoms with Crippen molar-refractivity contribution in [3.8, 4) is 0 Å². The Hall–Kier alpha value is -0.950. The third-order valence-corrected chi connectivity index (χ3v) is 5.23. The van der Waals surface area contributed by atoms with E-state index < -0.39 is 10.0 Å². The summed E-state index contributed by atoms with van der Waals surface area (Å²) in [6.45, 7) is 7.42. The number of benzene rings is 1. The highest BCUT2D eigenvalue weighted by atomic mass is 32.2. The van der Waals surface area contributed by atoms with Crippen molar-refractivity contribution in [3.63, 3.8) is 0 Å². The lowest BCUT2D eigenvalue weighted by Gasteiger charge is -2.24. The van der Waals surface area contributed by atoms with Crippen LogP contribution < -0.4 is 5.73 Å². The number of rotatable bonds is 8. The molecule has 120 valence electrons. The fraction of sp³-hybridized carbons (Fsp3) is 0.600. The van der Waals surface area contributed by atoms with Gasteiger partial charge in [-0.05, 0) is 30.0 Å². The van der Waals surface area contributed by atoms with E-state index in [-0.39, 0.29) is 5.92 Å². The van der Waals surface area contributed by atoms with Crippen LogP contribution in [0.5, 0.6) is 0 Å². The number of aryl methyl sites for hydroxylation is 1. The van der Waals surface area contributed by atoms with Crippen molar-refractivity contribution < 1.29 is 13.2 Å². The van der Waals surface area contributed by atoms with Crippen LogP contribution in [-0.2, 0) is 21.3 Å². The molecule has 0 aliphatic carbocycles. The van der Waals surface area contributed by atoms with Crippen molar-refractivity contribution in [1.82, 2.24) is 4.31 Å². The van der Waals surface area contributed by atoms with Gasteiger partial charge in [0.15, 0.2) is 0 Å². The Morgan fingerprint density at radius 3 is 2.48 bits per heavy atom. The minimum Gasteiger partial charge on any atom is -0.383 e. The summed E-state index contributed by atoms with van der Waals surface area (Å²) >= 11 is 0. The van der Waals surface area contributed by atoms with Crippen LogP contribution in [-0.4, -0.2) is 39.5 Å². The first-order valence-electron chi connectivity index (χ1n) is 7.11. The molecule has 0 amide bonds. The molecule has 0 unspecified atom stereocenters. The molecule has 1 aromatic carbocycles. The molecule has 21 heavy (non-hydrogen) atoms. The zero-order chi connectivity index (χ0) is 16.0. The maximum absolute atomic E-state index is 12.8. The van der Waals surface area contributed by atoms with Crippen molar-refractivity contribution in [1.29, 1.82) is 0 Å². The SMILES string of the molecule is COCCN(CC(C)C)S(=O)(=O)c1ccc(CN)cc1C. The molecule has 0 radical (unpaired) electrons. The Balaban J connectivity index is 3.15. The second-order valence-corrected chi connectivity index (χ2v) is 7.46. The minimum absolute atomic E-state index is 0.250. The van der Waals surface area contributed by atoms with Crippen LogP contribution in [0.2, 0.25) is 0 Å². The minimum atomic E-state index is -3.51. The molecule has 0 saturated heterocycles. The summed E-state index contributed by atoms with van der Waals surface area (Å²) in [7, 11) is -1.94. The Bertz CT molecular complexity index is 556. The van der Waals surface area contributed by atoms with E-state index >= 15 is 0 Å². The normalized spacial score (nSPS) is 12.3. The quantitative estimate of drug-likeness (QED) is 0.793. The van der Waals surface area contributed by atoms with E-state index in [1.165, 1.54) is 4.31 Å². The van der Waals surface area contributed by atoms with Crippen molar-refractivity contribution >= 4 is 10.0 Å². The third kappa shape index (κ3) is 4.78. The van der Waals surface area contributed by atoms with E-state index in [4.69, 9.17) is 10.5 Å². The van der Waals surface area contributed by atoms with E-state index in [9.17, 15) is 8.42 Å². The van der Waals surface area contributed by atoms with Crippen LogP contribution in [0.15, 0.2) is 23.1 Å². The molecule has 0 bridgehead atoms. The molecule has 0 heterocycles. The van der Waals surface area contributed by atoms with Crippen molar-refractivity contribution in [2.75, 3.05) is 26.8 Å². The fourth-order valence-corrected chi connectivity index (χ4v) is 3.97. The second kappa shape index (κ2) is 7.89. The van der Waals surface area contributed by atoms with Crippen LogP contribution in [0.1, 0.15) is 25.0 Å². The first-order chi connectivity index (χ1) is 9.82. The standard InChI is InChI=1S/C15H26N2O3S/c1-12(2)11-17(7-8-20-4)21(18,19)15-6-5-14(10-16)9-13(15)3/h5-6,9,12H,7-8,10-11,16H2,1-4H3. The maximum Gasteiger partial charge on any atom is 0.243 e. The average molecular weight is 314 g/mol. The molecule has 0 aliphatic rings. The van der Waals surface area contributed by atoms with E-state index in [1.54, 1.807) is 26.2 Å². The van der Waals surface area contributed by atoms with Gasteiger partial charge in [0.1, 0.15) is 0 Å². The number of ether oxygens (including phenoxy) is 1. The highest BCUT2D eigenvalue weighted by molar-refractivity contribution is 7.89. The largest absolute Gasteiger partial charge is 0.383 e. The van der Waals surface area contributed by atoms with E-state index in [0.29, 0.717) is 31.1 Å². The van der Waals surface area contributed by atoms with Gasteiger partial charge in [0.25, 0.3) is 0 Å². The molecular weight excluding hydrogens is 288 g/mol. The summed E-state index contributed by atoms with van der Waals surface area (Å²) in [5.41, 5.74) is 7.25. The average Bonchev–Trinajstić information content (AvgIpc) is 2.42. The lowest BCUT2D eigenvalue weighted by molar-refractivity contribution is 0.175. The molecule has 6 heteroatoms. The fourth-order valence-electron chi connectivity index (χ4n) is 2.18. The van der Waals surface area contributed by atoms with Gasteiger partial charge in [0.2, 0.25) is 10.0 Å². The number of hydrogen-bond donors (Lipinski definition) is 1. The summed E-state index contributed by atoms with van der Waals surface area (Å²) < 4.78 is 32.2. The van der Waals surface area contributed by atoms with E-state index in [1.807, 2.05) is 19.9 Å². The number of hydrogen-bond acceptors (Lipinski definition) is 4. The van der Waals surface area contributed by atoms with Crippen molar-refractivity contribution in [3.05, 3.63) is 29.3 Å². The summed E-state index contributed by atoms with van der Waals surface area (Å²) in [4.78, 5) is 0.344. The predicted octanol–water partition coefficient (Wildman–Crippen LogP) is 1.75. The number of methoxy groups -OCH3 is 1. The monoisotopic (exact) mass is 314 g/mol. The van der Waals surface area contributed by atoms with E-state index in [2.05, 4.69) is 0 Å². The number of sulfonamides is 1. The van der Waals surface area contributed by atoms with Crippen LogP contribution in [0, 0.1) is 12.8 Å². The smallest absolute Gasteiger partial charge is 0.243 e. The first-order valence-corrected chi connectivity index (χ1v) is 8.55. The molecule has 1 rings (SSSR count). The Kier molecular flexibility index (Phi) is 6.80. The number of nitrogens with zero attached hydrogens (tertiary/aromatic N) is 1. The van der Waals surface area contributed by atoms with Gasteiger partial charge in [-0.15, -0.1) is 0 Å². The Labute approximate surface area is 128 Å². The van der Waals surface area contributed by atoms with Gasteiger partial charge < -0.3 is 10.5 Å². The molecule has 5 nitrogen and oxygen atoms in total. The Morgan fingerprint density at radius 1 is 1.33 bits per heavy atom. The van der Waals surface area contributed by atoms with Gasteiger partial charge in [0, 0.05) is 26.7 Å². The lowest BCUT2D eigenvalue weighted by Crippen LogP contribution is -2.37. The topological polar surface area (TPSA) is 72.6 Å². The third-order valence-electron chi connectivity index (χ3n) is 3.21. The molecule has 0 aromatic heterocycles. The lowest BCUT2D eigenvalue weighted by atomic mass is 10.1. The van der Waals surface area contributed by atoms with Crippen LogP contribution in [0.4, 0.5) is 0 Å². The zero-order valence-corrected chi connectivity index (χ0v) is 14.1. The molecule has 0 saturated carbocycles. The zero-order valence-electron chi connectivity index (χ0n) is 13.3. The maximum atomic E-state index is 12.8. The molecule has 0 aliphatic heterocycles. The van der Waals surface area contributed by atoms with Gasteiger partial charge in [0.05, 0.1) is 11.5 Å². The van der Waals surface area contributed by atoms with Crippen LogP contribution in [0.3, 0.4) is 0 Å². The van der Waals surface area contributed by atoms with Gasteiger partial charge in [-0.3, -0.25) is 0 Å². The molecule has 1 aromatic rings. The first kappa shape index (κ1) is 18.1. The van der Waals surface area contributed by atoms with E-state index in [0.717, 1.165) is 11.1 Å². The molecular formula is C15H26N2O3S. The van der Waals surface area contributed by atoms with Gasteiger partial charge >= 0.3 is 0 Å². The molecule has 2 N–H and O–H groups in total. The van der Waals surface area contributed by atoms with Gasteiger partial charge in [-0.25, -0.2) is 8.42 Å². The molecule has 0 fully saturated rings. The molecule has 0 atom stereocenters. The van der Waals surface area contributed by atoms with Crippen molar-refractivity contribution in [2.24, 2.45) is 11.7 Å². The summed E-state index contributed by atoms with van der Waals surface area (Å²) in [5.74, 6) is 0.250. The van der Waals surface area contributed by atoms with Gasteiger partial charge in [-0.1, -0.05) is 26.0 Å². The number of nitrogens with two attached hydrogens (primary N) is 1. The predicted molar refractivity (Wildman–Crippen MR) is 84.5 cm³/mol. The highest BCUT2D eigenvalue weighted by Crippen LogP contribution is 2.22. The highest BCUT2D eigenvalue weighted by Gasteiger charge is 2.26. The van der Waals surface area contributed by atoms with Gasteiger partial charge in [-0.2, -0.15) is 4.31 Å².